The lowest BCUT2D eigenvalue weighted by molar-refractivity contribution is 0.485. The summed E-state index contributed by atoms with van der Waals surface area (Å²) in [5, 5.41) is 3.46. The Morgan fingerprint density at radius 1 is 0.857 bits per heavy atom. The quantitative estimate of drug-likeness (QED) is 0.591. The third-order valence-corrected chi connectivity index (χ3v) is 3.73. The van der Waals surface area contributed by atoms with Gasteiger partial charge < -0.3 is 9.73 Å². The van der Waals surface area contributed by atoms with Crippen LogP contribution in [0.3, 0.4) is 0 Å². The molecule has 1 heterocycles. The molecule has 0 aliphatic rings. The van der Waals surface area contributed by atoms with E-state index in [1.165, 1.54) is 38.5 Å². The topological polar surface area (TPSA) is 25.2 Å². The minimum atomic E-state index is 0.821. The van der Waals surface area contributed by atoms with Crippen molar-refractivity contribution in [3.63, 3.8) is 0 Å². The predicted molar refractivity (Wildman–Crippen MR) is 89.2 cm³/mol. The van der Waals surface area contributed by atoms with Crippen molar-refractivity contribution in [2.24, 2.45) is 0 Å². The van der Waals surface area contributed by atoms with Crippen molar-refractivity contribution >= 4 is 0 Å². The van der Waals surface area contributed by atoms with E-state index < -0.39 is 0 Å². The maximum absolute atomic E-state index is 5.87. The smallest absolute Gasteiger partial charge is 0.134 e. The Labute approximate surface area is 128 Å². The molecule has 1 aromatic heterocycles. The first-order valence-electron chi connectivity index (χ1n) is 8.25. The van der Waals surface area contributed by atoms with Crippen LogP contribution in [-0.2, 0) is 6.54 Å². The molecule has 2 rings (SSSR count). The van der Waals surface area contributed by atoms with Crippen molar-refractivity contribution in [3.8, 4) is 11.3 Å². The molecular weight excluding hydrogens is 258 g/mol. The minimum Gasteiger partial charge on any atom is -0.460 e. The molecule has 0 atom stereocenters. The van der Waals surface area contributed by atoms with Gasteiger partial charge in [0.1, 0.15) is 11.5 Å². The van der Waals surface area contributed by atoms with Gasteiger partial charge in [0.15, 0.2) is 0 Å². The molecule has 114 valence electrons. The largest absolute Gasteiger partial charge is 0.460 e. The highest BCUT2D eigenvalue weighted by molar-refractivity contribution is 5.57. The number of unbranched alkanes of at least 4 members (excludes halogenated alkanes) is 5. The summed E-state index contributed by atoms with van der Waals surface area (Å²) in [4.78, 5) is 0. The van der Waals surface area contributed by atoms with E-state index >= 15 is 0 Å². The monoisotopic (exact) mass is 285 g/mol. The molecule has 0 radical (unpaired) electrons. The van der Waals surface area contributed by atoms with Gasteiger partial charge >= 0.3 is 0 Å². The lowest BCUT2D eigenvalue weighted by atomic mass is 10.1. The molecule has 21 heavy (non-hydrogen) atoms. The SMILES string of the molecule is CCCCCCCCNCc1ccc(-c2ccccc2)o1. The second-order valence-corrected chi connectivity index (χ2v) is 5.58. The number of rotatable bonds is 10. The van der Waals surface area contributed by atoms with Crippen molar-refractivity contribution in [1.82, 2.24) is 5.32 Å². The van der Waals surface area contributed by atoms with Crippen LogP contribution < -0.4 is 5.32 Å². The van der Waals surface area contributed by atoms with Gasteiger partial charge in [-0.1, -0.05) is 69.4 Å². The molecular formula is C19H27NO. The Hall–Kier alpha value is -1.54. The van der Waals surface area contributed by atoms with Crippen LogP contribution in [0.15, 0.2) is 46.9 Å². The van der Waals surface area contributed by atoms with Crippen LogP contribution in [0.2, 0.25) is 0 Å². The molecule has 2 heteroatoms. The van der Waals surface area contributed by atoms with Crippen LogP contribution in [0.4, 0.5) is 0 Å². The highest BCUT2D eigenvalue weighted by atomic mass is 16.3. The van der Waals surface area contributed by atoms with Gasteiger partial charge in [-0.15, -0.1) is 0 Å². The molecule has 0 unspecified atom stereocenters. The summed E-state index contributed by atoms with van der Waals surface area (Å²) in [6, 6.07) is 14.4. The van der Waals surface area contributed by atoms with Crippen LogP contribution in [-0.4, -0.2) is 6.54 Å². The normalized spacial score (nSPS) is 10.9. The van der Waals surface area contributed by atoms with Crippen LogP contribution in [0.25, 0.3) is 11.3 Å². The second-order valence-electron chi connectivity index (χ2n) is 5.58. The molecule has 0 bridgehead atoms. The van der Waals surface area contributed by atoms with Crippen molar-refractivity contribution < 1.29 is 4.42 Å². The van der Waals surface area contributed by atoms with Crippen LogP contribution in [0.1, 0.15) is 51.2 Å². The number of furan rings is 1. The van der Waals surface area contributed by atoms with E-state index in [2.05, 4.69) is 36.5 Å². The van der Waals surface area contributed by atoms with Gasteiger partial charge in [-0.3, -0.25) is 0 Å². The van der Waals surface area contributed by atoms with Gasteiger partial charge in [-0.05, 0) is 25.1 Å². The van der Waals surface area contributed by atoms with Crippen LogP contribution in [0.5, 0.6) is 0 Å². The van der Waals surface area contributed by atoms with E-state index in [-0.39, 0.29) is 0 Å². The van der Waals surface area contributed by atoms with Gasteiger partial charge in [0.2, 0.25) is 0 Å². The third-order valence-electron chi connectivity index (χ3n) is 3.73. The molecule has 1 aromatic carbocycles. The van der Waals surface area contributed by atoms with Gasteiger partial charge in [-0.2, -0.15) is 0 Å². The lowest BCUT2D eigenvalue weighted by Gasteiger charge is -2.03. The Bertz CT molecular complexity index is 489. The first-order valence-corrected chi connectivity index (χ1v) is 8.25. The van der Waals surface area contributed by atoms with E-state index in [1.807, 2.05) is 18.2 Å². The fourth-order valence-corrected chi connectivity index (χ4v) is 2.47. The van der Waals surface area contributed by atoms with Gasteiger partial charge in [0.25, 0.3) is 0 Å². The highest BCUT2D eigenvalue weighted by Gasteiger charge is 2.03. The Kier molecular flexibility index (Phi) is 7.10. The first kappa shape index (κ1) is 15.8. The summed E-state index contributed by atoms with van der Waals surface area (Å²) in [5.74, 6) is 1.96. The standard InChI is InChI=1S/C19H27NO/c1-2-3-4-5-6-10-15-20-16-18-13-14-19(21-18)17-11-8-7-9-12-17/h7-9,11-14,20H,2-6,10,15-16H2,1H3. The Morgan fingerprint density at radius 2 is 1.62 bits per heavy atom. The van der Waals surface area contributed by atoms with E-state index in [4.69, 9.17) is 4.42 Å². The zero-order chi connectivity index (χ0) is 14.8. The van der Waals surface area contributed by atoms with Gasteiger partial charge in [0.05, 0.1) is 6.54 Å². The van der Waals surface area contributed by atoms with E-state index in [0.717, 1.165) is 30.2 Å². The Balaban J connectivity index is 1.63. The van der Waals surface area contributed by atoms with E-state index in [0.29, 0.717) is 0 Å². The van der Waals surface area contributed by atoms with E-state index in [9.17, 15) is 0 Å². The summed E-state index contributed by atoms with van der Waals surface area (Å²) >= 11 is 0. The van der Waals surface area contributed by atoms with Crippen molar-refractivity contribution in [2.75, 3.05) is 6.54 Å². The molecule has 1 N–H and O–H groups in total. The summed E-state index contributed by atoms with van der Waals surface area (Å²) < 4.78 is 5.87. The molecule has 0 spiro atoms. The average molecular weight is 285 g/mol. The summed E-state index contributed by atoms with van der Waals surface area (Å²) in [7, 11) is 0. The summed E-state index contributed by atoms with van der Waals surface area (Å²) in [6.07, 6.45) is 8.04. The molecule has 0 fully saturated rings. The Morgan fingerprint density at radius 3 is 2.43 bits per heavy atom. The molecule has 0 aliphatic heterocycles. The minimum absolute atomic E-state index is 0.821. The van der Waals surface area contributed by atoms with Gasteiger partial charge in [-0.25, -0.2) is 0 Å². The zero-order valence-electron chi connectivity index (χ0n) is 13.1. The van der Waals surface area contributed by atoms with Crippen molar-refractivity contribution in [1.29, 1.82) is 0 Å². The van der Waals surface area contributed by atoms with Crippen LogP contribution in [0, 0.1) is 0 Å². The third kappa shape index (κ3) is 5.76. The van der Waals surface area contributed by atoms with Crippen molar-refractivity contribution in [2.45, 2.75) is 52.0 Å². The summed E-state index contributed by atoms with van der Waals surface area (Å²) in [5.41, 5.74) is 1.14. The molecule has 0 saturated carbocycles. The molecule has 0 amide bonds. The van der Waals surface area contributed by atoms with Crippen LogP contribution >= 0.6 is 0 Å². The predicted octanol–water partition coefficient (Wildman–Crippen LogP) is 5.40. The number of hydrogen-bond acceptors (Lipinski definition) is 2. The highest BCUT2D eigenvalue weighted by Crippen LogP contribution is 2.21. The number of benzene rings is 1. The maximum Gasteiger partial charge on any atom is 0.134 e. The van der Waals surface area contributed by atoms with Crippen molar-refractivity contribution in [3.05, 3.63) is 48.2 Å². The fourth-order valence-electron chi connectivity index (χ4n) is 2.47. The lowest BCUT2D eigenvalue weighted by Crippen LogP contribution is -2.14. The molecule has 2 nitrogen and oxygen atoms in total. The molecule has 0 saturated heterocycles. The zero-order valence-corrected chi connectivity index (χ0v) is 13.1. The van der Waals surface area contributed by atoms with E-state index in [1.54, 1.807) is 0 Å². The fraction of sp³-hybridized carbons (Fsp3) is 0.474. The number of nitrogens with one attached hydrogen (secondary N) is 1. The van der Waals surface area contributed by atoms with Gasteiger partial charge in [0, 0.05) is 5.56 Å². The second kappa shape index (κ2) is 9.41. The molecule has 2 aromatic rings. The number of hydrogen-bond donors (Lipinski definition) is 1. The first-order chi connectivity index (χ1) is 10.4. The maximum atomic E-state index is 5.87. The summed E-state index contributed by atoms with van der Waals surface area (Å²) in [6.45, 7) is 4.16. The average Bonchev–Trinajstić information content (AvgIpc) is 3.00. The molecule has 0 aliphatic carbocycles.